The van der Waals surface area contributed by atoms with Gasteiger partial charge < -0.3 is 0 Å². The van der Waals surface area contributed by atoms with Crippen molar-refractivity contribution in [3.8, 4) is 22.3 Å². The van der Waals surface area contributed by atoms with Gasteiger partial charge in [-0.25, -0.2) is 0 Å². The van der Waals surface area contributed by atoms with E-state index < -0.39 is 0 Å². The molecular weight excluding hydrogens is 544 g/mol. The average Bonchev–Trinajstić information content (AvgIpc) is 3.06. The molecule has 2 aliphatic carbocycles. The summed E-state index contributed by atoms with van der Waals surface area (Å²) in [6.45, 7) is 2.46. The smallest absolute Gasteiger partial charge is 0.0187 e. The van der Waals surface area contributed by atoms with E-state index in [4.69, 9.17) is 0 Å². The van der Waals surface area contributed by atoms with Gasteiger partial charge in [-0.15, -0.1) is 0 Å². The van der Waals surface area contributed by atoms with Gasteiger partial charge in [-0.3, -0.25) is 0 Å². The highest BCUT2D eigenvalue weighted by Crippen LogP contribution is 2.52. The summed E-state index contributed by atoms with van der Waals surface area (Å²) in [7, 11) is 0. The van der Waals surface area contributed by atoms with E-state index in [-0.39, 0.29) is 5.41 Å². The van der Waals surface area contributed by atoms with Crippen LogP contribution in [0.15, 0.2) is 87.8 Å². The van der Waals surface area contributed by atoms with E-state index in [9.17, 15) is 0 Å². The zero-order chi connectivity index (χ0) is 23.3. The van der Waals surface area contributed by atoms with Gasteiger partial charge >= 0.3 is 0 Å². The van der Waals surface area contributed by atoms with Crippen molar-refractivity contribution in [1.82, 2.24) is 0 Å². The molecule has 0 radical (unpaired) electrons. The van der Waals surface area contributed by atoms with Crippen LogP contribution in [0, 0.1) is 0 Å². The maximum absolute atomic E-state index is 3.75. The first-order valence-electron chi connectivity index (χ1n) is 12.3. The van der Waals surface area contributed by atoms with Crippen molar-refractivity contribution in [1.29, 1.82) is 0 Å². The minimum atomic E-state index is 0.0281. The molecule has 0 saturated heterocycles. The van der Waals surface area contributed by atoms with Crippen LogP contribution in [0.25, 0.3) is 22.3 Å². The zero-order valence-electron chi connectivity index (χ0n) is 19.5. The normalized spacial score (nSPS) is 17.6. The highest BCUT2D eigenvalue weighted by Gasteiger charge is 2.39. The predicted octanol–water partition coefficient (Wildman–Crippen LogP) is 9.68. The second-order valence-corrected chi connectivity index (χ2v) is 11.9. The Morgan fingerprint density at radius 1 is 0.647 bits per heavy atom. The standard InChI is InChI=1S/C32H28Br2/c1-32(17-3-2-4-21-5-6-22-7-8-24(22)18-21)30-19-25(23-9-12-26(33)13-10-23)11-15-28(30)29-16-14-27(34)20-31(29)32/h5-6,9-16,18-20H,2-4,7-8,17H2,1H3. The Balaban J connectivity index is 1.29. The molecule has 0 bridgehead atoms. The van der Waals surface area contributed by atoms with Gasteiger partial charge in [0, 0.05) is 14.4 Å². The van der Waals surface area contributed by atoms with Crippen molar-refractivity contribution in [2.45, 2.75) is 50.9 Å². The quantitative estimate of drug-likeness (QED) is 0.202. The van der Waals surface area contributed by atoms with Gasteiger partial charge in [-0.05, 0) is 113 Å². The molecule has 0 heterocycles. The highest BCUT2D eigenvalue weighted by molar-refractivity contribution is 9.10. The number of rotatable bonds is 6. The molecule has 1 atom stereocenters. The number of aryl methyl sites for hydroxylation is 3. The Morgan fingerprint density at radius 2 is 1.32 bits per heavy atom. The summed E-state index contributed by atoms with van der Waals surface area (Å²) in [6, 6.07) is 29.7. The van der Waals surface area contributed by atoms with Gasteiger partial charge in [0.1, 0.15) is 0 Å². The first-order valence-corrected chi connectivity index (χ1v) is 13.9. The fourth-order valence-electron chi connectivity index (χ4n) is 5.89. The van der Waals surface area contributed by atoms with E-state index in [0.717, 1.165) is 10.9 Å². The first-order chi connectivity index (χ1) is 16.5. The summed E-state index contributed by atoms with van der Waals surface area (Å²) in [5, 5.41) is 0. The fourth-order valence-corrected chi connectivity index (χ4v) is 6.52. The SMILES string of the molecule is CC1(CCCCc2ccc3c(c2)CC3)c2cc(Br)ccc2-c2ccc(-c3ccc(Br)cc3)cc21. The Labute approximate surface area is 219 Å². The molecule has 170 valence electrons. The van der Waals surface area contributed by atoms with Crippen molar-refractivity contribution in [2.75, 3.05) is 0 Å². The lowest BCUT2D eigenvalue weighted by atomic mass is 9.75. The van der Waals surface area contributed by atoms with E-state index in [2.05, 4.69) is 118 Å². The molecule has 4 aromatic carbocycles. The topological polar surface area (TPSA) is 0 Å². The second-order valence-electron chi connectivity index (χ2n) is 10.1. The summed E-state index contributed by atoms with van der Waals surface area (Å²) >= 11 is 7.32. The van der Waals surface area contributed by atoms with Crippen molar-refractivity contribution in [3.63, 3.8) is 0 Å². The van der Waals surface area contributed by atoms with Crippen LogP contribution in [0.4, 0.5) is 0 Å². The number of hydrogen-bond donors (Lipinski definition) is 0. The average molecular weight is 572 g/mol. The maximum atomic E-state index is 3.75. The molecule has 1 unspecified atom stereocenters. The Hall–Kier alpha value is -2.16. The molecule has 0 fully saturated rings. The molecule has 4 aromatic rings. The van der Waals surface area contributed by atoms with Crippen LogP contribution in [0.5, 0.6) is 0 Å². The fraction of sp³-hybridized carbons (Fsp3) is 0.250. The molecule has 6 rings (SSSR count). The molecule has 0 aromatic heterocycles. The maximum Gasteiger partial charge on any atom is 0.0187 e. The highest BCUT2D eigenvalue weighted by atomic mass is 79.9. The van der Waals surface area contributed by atoms with Gasteiger partial charge in [-0.2, -0.15) is 0 Å². The Kier molecular flexibility index (Phi) is 5.78. The zero-order valence-corrected chi connectivity index (χ0v) is 22.7. The molecule has 0 N–H and O–H groups in total. The molecule has 0 spiro atoms. The molecule has 2 aliphatic rings. The van der Waals surface area contributed by atoms with E-state index in [1.54, 1.807) is 11.1 Å². The van der Waals surface area contributed by atoms with Crippen LogP contribution >= 0.6 is 31.9 Å². The molecule has 0 saturated carbocycles. The monoisotopic (exact) mass is 570 g/mol. The van der Waals surface area contributed by atoms with Crippen LogP contribution in [0.2, 0.25) is 0 Å². The summed E-state index contributed by atoms with van der Waals surface area (Å²) in [5.74, 6) is 0. The predicted molar refractivity (Wildman–Crippen MR) is 151 cm³/mol. The molecule has 0 nitrogen and oxygen atoms in total. The number of benzene rings is 4. The van der Waals surface area contributed by atoms with E-state index in [1.807, 2.05) is 0 Å². The van der Waals surface area contributed by atoms with Crippen LogP contribution in [0.1, 0.15) is 54.0 Å². The lowest BCUT2D eigenvalue weighted by Crippen LogP contribution is -2.21. The Morgan fingerprint density at radius 3 is 2.06 bits per heavy atom. The van der Waals surface area contributed by atoms with Gasteiger partial charge in [-0.1, -0.05) is 93.7 Å². The molecular formula is C32H28Br2. The Bertz CT molecular complexity index is 1380. The number of halogens is 2. The van der Waals surface area contributed by atoms with Crippen LogP contribution in [-0.4, -0.2) is 0 Å². The van der Waals surface area contributed by atoms with Crippen LogP contribution < -0.4 is 0 Å². The third-order valence-electron chi connectivity index (χ3n) is 7.98. The summed E-state index contributed by atoms with van der Waals surface area (Å²) in [6.07, 6.45) is 7.34. The first kappa shape index (κ1) is 22.3. The number of unbranched alkanes of at least 4 members (excludes halogenated alkanes) is 1. The molecule has 0 amide bonds. The number of hydrogen-bond acceptors (Lipinski definition) is 0. The van der Waals surface area contributed by atoms with Crippen LogP contribution in [-0.2, 0) is 24.7 Å². The van der Waals surface area contributed by atoms with E-state index >= 15 is 0 Å². The van der Waals surface area contributed by atoms with Crippen molar-refractivity contribution in [2.24, 2.45) is 0 Å². The van der Waals surface area contributed by atoms with Gasteiger partial charge in [0.05, 0.1) is 0 Å². The minimum Gasteiger partial charge on any atom is -0.0588 e. The summed E-state index contributed by atoms with van der Waals surface area (Å²) < 4.78 is 2.28. The van der Waals surface area contributed by atoms with E-state index in [0.29, 0.717) is 0 Å². The molecule has 0 aliphatic heterocycles. The van der Waals surface area contributed by atoms with Gasteiger partial charge in [0.15, 0.2) is 0 Å². The van der Waals surface area contributed by atoms with E-state index in [1.165, 1.54) is 75.5 Å². The third kappa shape index (κ3) is 3.89. The van der Waals surface area contributed by atoms with Crippen molar-refractivity contribution in [3.05, 3.63) is 116 Å². The van der Waals surface area contributed by atoms with Crippen LogP contribution in [0.3, 0.4) is 0 Å². The number of fused-ring (bicyclic) bond motifs is 4. The summed E-state index contributed by atoms with van der Waals surface area (Å²) in [4.78, 5) is 0. The minimum absolute atomic E-state index is 0.0281. The lowest BCUT2D eigenvalue weighted by molar-refractivity contribution is 0.495. The third-order valence-corrected chi connectivity index (χ3v) is 9.01. The summed E-state index contributed by atoms with van der Waals surface area (Å²) in [5.41, 5.74) is 13.0. The van der Waals surface area contributed by atoms with Crippen molar-refractivity contribution >= 4 is 31.9 Å². The molecule has 34 heavy (non-hydrogen) atoms. The van der Waals surface area contributed by atoms with Gasteiger partial charge in [0.2, 0.25) is 0 Å². The largest absolute Gasteiger partial charge is 0.0588 e. The molecule has 2 heteroatoms. The lowest BCUT2D eigenvalue weighted by Gasteiger charge is -2.28. The van der Waals surface area contributed by atoms with Crippen molar-refractivity contribution < 1.29 is 0 Å². The second kappa shape index (κ2) is 8.81. The van der Waals surface area contributed by atoms with Gasteiger partial charge in [0.25, 0.3) is 0 Å².